The summed E-state index contributed by atoms with van der Waals surface area (Å²) in [6.45, 7) is 5.92. The zero-order valence-electron chi connectivity index (χ0n) is 12.1. The van der Waals surface area contributed by atoms with Crippen LogP contribution >= 0.6 is 11.6 Å². The number of azo groups is 1. The first-order valence-electron chi connectivity index (χ1n) is 6.68. The SMILES string of the molecule is Cc1ccc(N=Nc2c(C)nc3c(C)cccn23)cc1Cl. The molecule has 0 aliphatic rings. The zero-order valence-corrected chi connectivity index (χ0v) is 12.9. The molecule has 3 aromatic rings. The molecule has 5 heteroatoms. The quantitative estimate of drug-likeness (QED) is 0.590. The summed E-state index contributed by atoms with van der Waals surface area (Å²) in [5, 5.41) is 9.31. The van der Waals surface area contributed by atoms with Gasteiger partial charge < -0.3 is 0 Å². The van der Waals surface area contributed by atoms with Crippen LogP contribution in [0.3, 0.4) is 0 Å². The van der Waals surface area contributed by atoms with Crippen molar-refractivity contribution in [2.45, 2.75) is 20.8 Å². The number of hydrogen-bond donors (Lipinski definition) is 0. The molecule has 0 amide bonds. The number of fused-ring (bicyclic) bond motifs is 1. The molecule has 2 aromatic heterocycles. The summed E-state index contributed by atoms with van der Waals surface area (Å²) in [6, 6.07) is 9.65. The molecule has 4 nitrogen and oxygen atoms in total. The Balaban J connectivity index is 2.05. The zero-order chi connectivity index (χ0) is 15.0. The van der Waals surface area contributed by atoms with Gasteiger partial charge in [0.25, 0.3) is 0 Å². The van der Waals surface area contributed by atoms with Gasteiger partial charge in [0, 0.05) is 11.2 Å². The van der Waals surface area contributed by atoms with Crippen molar-refractivity contribution in [3.05, 3.63) is 58.4 Å². The lowest BCUT2D eigenvalue weighted by Crippen LogP contribution is -1.85. The van der Waals surface area contributed by atoms with Gasteiger partial charge in [-0.2, -0.15) is 0 Å². The van der Waals surface area contributed by atoms with Crippen molar-refractivity contribution < 1.29 is 0 Å². The number of aromatic nitrogens is 2. The smallest absolute Gasteiger partial charge is 0.182 e. The Kier molecular flexibility index (Phi) is 3.47. The molecule has 106 valence electrons. The van der Waals surface area contributed by atoms with Gasteiger partial charge in [-0.05, 0) is 50.1 Å². The number of aryl methyl sites for hydroxylation is 3. The summed E-state index contributed by atoms with van der Waals surface area (Å²) in [4.78, 5) is 4.54. The fraction of sp³-hybridized carbons (Fsp3) is 0.188. The van der Waals surface area contributed by atoms with E-state index in [1.807, 2.05) is 61.7 Å². The highest BCUT2D eigenvalue weighted by Gasteiger charge is 2.09. The van der Waals surface area contributed by atoms with Crippen LogP contribution in [0.2, 0.25) is 5.02 Å². The molecule has 0 radical (unpaired) electrons. The first kappa shape index (κ1) is 13.8. The Morgan fingerprint density at radius 2 is 1.86 bits per heavy atom. The Morgan fingerprint density at radius 3 is 2.62 bits per heavy atom. The van der Waals surface area contributed by atoms with Crippen LogP contribution in [0.15, 0.2) is 46.8 Å². The van der Waals surface area contributed by atoms with E-state index in [9.17, 15) is 0 Å². The topological polar surface area (TPSA) is 42.0 Å². The van der Waals surface area contributed by atoms with E-state index in [1.54, 1.807) is 0 Å². The molecule has 0 saturated carbocycles. The van der Waals surface area contributed by atoms with Crippen LogP contribution in [0.25, 0.3) is 5.65 Å². The van der Waals surface area contributed by atoms with Crippen LogP contribution in [0, 0.1) is 20.8 Å². The lowest BCUT2D eigenvalue weighted by atomic mass is 10.2. The van der Waals surface area contributed by atoms with Crippen molar-refractivity contribution in [2.75, 3.05) is 0 Å². The maximum absolute atomic E-state index is 6.10. The van der Waals surface area contributed by atoms with Gasteiger partial charge in [0.15, 0.2) is 5.82 Å². The van der Waals surface area contributed by atoms with Gasteiger partial charge >= 0.3 is 0 Å². The number of halogens is 1. The second-order valence-corrected chi connectivity index (χ2v) is 5.45. The predicted molar refractivity (Wildman–Crippen MR) is 85.0 cm³/mol. The van der Waals surface area contributed by atoms with E-state index in [2.05, 4.69) is 15.2 Å². The maximum Gasteiger partial charge on any atom is 0.182 e. The Labute approximate surface area is 128 Å². The lowest BCUT2D eigenvalue weighted by molar-refractivity contribution is 1.09. The fourth-order valence-electron chi connectivity index (χ4n) is 2.17. The number of rotatable bonds is 2. The number of imidazole rings is 1. The molecule has 0 fully saturated rings. The molecule has 1 aromatic carbocycles. The van der Waals surface area contributed by atoms with E-state index >= 15 is 0 Å². The third-order valence-corrected chi connectivity index (χ3v) is 3.81. The summed E-state index contributed by atoms with van der Waals surface area (Å²) in [5.74, 6) is 0.741. The van der Waals surface area contributed by atoms with E-state index in [1.165, 1.54) is 0 Å². The third-order valence-electron chi connectivity index (χ3n) is 3.40. The second kappa shape index (κ2) is 5.30. The minimum absolute atomic E-state index is 0.692. The van der Waals surface area contributed by atoms with E-state index in [0.29, 0.717) is 5.02 Å². The number of pyridine rings is 1. The molecule has 0 aliphatic heterocycles. The molecule has 21 heavy (non-hydrogen) atoms. The van der Waals surface area contributed by atoms with Crippen molar-refractivity contribution >= 4 is 28.8 Å². The number of nitrogens with zero attached hydrogens (tertiary/aromatic N) is 4. The standard InChI is InChI=1S/C16H15ClN4/c1-10-6-7-13(9-14(10)17)19-20-16-12(3)18-15-11(2)5-4-8-21(15)16/h4-9H,1-3H3. The second-order valence-electron chi connectivity index (χ2n) is 5.04. The average molecular weight is 299 g/mol. The van der Waals surface area contributed by atoms with Gasteiger partial charge in [0.2, 0.25) is 0 Å². The highest BCUT2D eigenvalue weighted by molar-refractivity contribution is 6.31. The summed E-state index contributed by atoms with van der Waals surface area (Å²) < 4.78 is 1.95. The fourth-order valence-corrected chi connectivity index (χ4v) is 2.35. The average Bonchev–Trinajstić information content (AvgIpc) is 2.78. The van der Waals surface area contributed by atoms with Crippen LogP contribution in [0.5, 0.6) is 0 Å². The monoisotopic (exact) mass is 298 g/mol. The number of hydrogen-bond acceptors (Lipinski definition) is 3. The molecule has 0 N–H and O–H groups in total. The Morgan fingerprint density at radius 1 is 1.05 bits per heavy atom. The summed E-state index contributed by atoms with van der Waals surface area (Å²) in [7, 11) is 0. The van der Waals surface area contributed by atoms with E-state index in [4.69, 9.17) is 11.6 Å². The minimum atomic E-state index is 0.692. The largest absolute Gasteiger partial charge is 0.283 e. The molecule has 0 bridgehead atoms. The van der Waals surface area contributed by atoms with Crippen molar-refractivity contribution in [3.8, 4) is 0 Å². The van der Waals surface area contributed by atoms with Gasteiger partial charge in [-0.15, -0.1) is 10.2 Å². The minimum Gasteiger partial charge on any atom is -0.283 e. The molecule has 2 heterocycles. The maximum atomic E-state index is 6.10. The third kappa shape index (κ3) is 2.54. The van der Waals surface area contributed by atoms with Gasteiger partial charge in [-0.25, -0.2) is 4.98 Å². The molecule has 0 saturated heterocycles. The molecular formula is C16H15ClN4. The normalized spacial score (nSPS) is 11.6. The van der Waals surface area contributed by atoms with Crippen molar-refractivity contribution in [2.24, 2.45) is 10.2 Å². The van der Waals surface area contributed by atoms with Gasteiger partial charge in [-0.3, -0.25) is 4.40 Å². The lowest BCUT2D eigenvalue weighted by Gasteiger charge is -1.99. The van der Waals surface area contributed by atoms with Crippen LogP contribution in [-0.4, -0.2) is 9.38 Å². The first-order chi connectivity index (χ1) is 10.1. The van der Waals surface area contributed by atoms with Crippen LogP contribution in [-0.2, 0) is 0 Å². The first-order valence-corrected chi connectivity index (χ1v) is 7.06. The van der Waals surface area contributed by atoms with Gasteiger partial charge in [-0.1, -0.05) is 23.7 Å². The van der Waals surface area contributed by atoms with E-state index in [-0.39, 0.29) is 0 Å². The summed E-state index contributed by atoms with van der Waals surface area (Å²) >= 11 is 6.10. The molecule has 0 atom stereocenters. The van der Waals surface area contributed by atoms with Gasteiger partial charge in [0.05, 0.1) is 11.4 Å². The van der Waals surface area contributed by atoms with Gasteiger partial charge in [0.1, 0.15) is 5.65 Å². The summed E-state index contributed by atoms with van der Waals surface area (Å²) in [5.41, 5.74) is 4.63. The van der Waals surface area contributed by atoms with Crippen molar-refractivity contribution in [1.82, 2.24) is 9.38 Å². The Hall–Kier alpha value is -2.20. The number of benzene rings is 1. The van der Waals surface area contributed by atoms with Crippen molar-refractivity contribution in [1.29, 1.82) is 0 Å². The highest BCUT2D eigenvalue weighted by atomic mass is 35.5. The van der Waals surface area contributed by atoms with Crippen LogP contribution in [0.1, 0.15) is 16.8 Å². The van der Waals surface area contributed by atoms with E-state index in [0.717, 1.165) is 34.0 Å². The van der Waals surface area contributed by atoms with Crippen LogP contribution < -0.4 is 0 Å². The predicted octanol–water partition coefficient (Wildman–Crippen LogP) is 5.33. The molecular weight excluding hydrogens is 284 g/mol. The molecule has 0 spiro atoms. The molecule has 3 rings (SSSR count). The van der Waals surface area contributed by atoms with Crippen molar-refractivity contribution in [3.63, 3.8) is 0 Å². The molecule has 0 aliphatic carbocycles. The Bertz CT molecular complexity index is 849. The summed E-state index contributed by atoms with van der Waals surface area (Å²) in [6.07, 6.45) is 1.94. The van der Waals surface area contributed by atoms with Crippen LogP contribution in [0.4, 0.5) is 11.5 Å². The van der Waals surface area contributed by atoms with E-state index < -0.39 is 0 Å². The molecule has 0 unspecified atom stereocenters. The highest BCUT2D eigenvalue weighted by Crippen LogP contribution is 2.27.